The van der Waals surface area contributed by atoms with Gasteiger partial charge >= 0.3 is 0 Å². The Morgan fingerprint density at radius 2 is 1.41 bits per heavy atom. The first-order valence-electron chi connectivity index (χ1n) is 15.6. The predicted molar refractivity (Wildman–Crippen MR) is 161 cm³/mol. The molecular weight excluding hydrogens is 542 g/mol. The van der Waals surface area contributed by atoms with Crippen LogP contribution in [0.25, 0.3) is 0 Å². The van der Waals surface area contributed by atoms with Gasteiger partial charge in [0.1, 0.15) is 30.5 Å². The molecule has 0 amide bonds. The highest BCUT2D eigenvalue weighted by Gasteiger charge is 2.48. The predicted octanol–water partition coefficient (Wildman–Crippen LogP) is 6.93. The van der Waals surface area contributed by atoms with Gasteiger partial charge in [-0.15, -0.1) is 5.10 Å². The zero-order valence-electron chi connectivity index (χ0n) is 25.4. The van der Waals surface area contributed by atoms with Crippen molar-refractivity contribution < 1.29 is 23.7 Å². The molecule has 0 unspecified atom stereocenters. The maximum Gasteiger partial charge on any atom is 0.155 e. The van der Waals surface area contributed by atoms with E-state index in [1.807, 2.05) is 12.1 Å². The fraction of sp³-hybridized carbons (Fsp3) is 0.719. The molecule has 9 heteroatoms. The molecule has 41 heavy (non-hydrogen) atoms. The Morgan fingerprint density at radius 1 is 0.780 bits per heavy atom. The van der Waals surface area contributed by atoms with E-state index in [4.69, 9.17) is 35.3 Å². The van der Waals surface area contributed by atoms with Crippen LogP contribution in [0.5, 0.6) is 0 Å². The maximum absolute atomic E-state index is 6.88. The van der Waals surface area contributed by atoms with Crippen molar-refractivity contribution in [2.45, 2.75) is 116 Å². The summed E-state index contributed by atoms with van der Waals surface area (Å²) in [5, 5.41) is 8.77. The number of halogens is 1. The third-order valence-corrected chi connectivity index (χ3v) is 7.63. The van der Waals surface area contributed by atoms with Gasteiger partial charge in [-0.3, -0.25) is 0 Å². The van der Waals surface area contributed by atoms with Crippen LogP contribution in [-0.2, 0) is 30.1 Å². The largest absolute Gasteiger partial charge is 0.379 e. The van der Waals surface area contributed by atoms with E-state index in [0.717, 1.165) is 62.5 Å². The molecular formula is C32H50ClN3O5. The van der Waals surface area contributed by atoms with E-state index >= 15 is 0 Å². The van der Waals surface area contributed by atoms with Gasteiger partial charge in [-0.05, 0) is 42.9 Å². The number of hydrogen-bond donors (Lipinski definition) is 0. The minimum absolute atomic E-state index is 0.293. The first-order valence-corrected chi connectivity index (χ1v) is 16.0. The third kappa shape index (κ3) is 10.8. The molecule has 0 radical (unpaired) electrons. The maximum atomic E-state index is 6.88. The molecule has 3 rings (SSSR count). The third-order valence-electron chi connectivity index (χ3n) is 7.26. The molecule has 0 N–H and O–H groups in total. The zero-order chi connectivity index (χ0) is 29.3. The second-order valence-electron chi connectivity index (χ2n) is 10.7. The molecule has 1 saturated heterocycles. The molecule has 1 aromatic carbocycles. The highest BCUT2D eigenvalue weighted by atomic mass is 35.5. The summed E-state index contributed by atoms with van der Waals surface area (Å²) in [4.78, 5) is 4.34. The van der Waals surface area contributed by atoms with Gasteiger partial charge in [0.05, 0.1) is 12.8 Å². The molecule has 1 fully saturated rings. The lowest BCUT2D eigenvalue weighted by atomic mass is 9.89. The van der Waals surface area contributed by atoms with Gasteiger partial charge in [-0.1, -0.05) is 77.1 Å². The summed E-state index contributed by atoms with van der Waals surface area (Å²) in [6.45, 7) is 11.7. The van der Waals surface area contributed by atoms with E-state index in [1.165, 1.54) is 0 Å². The molecule has 1 aromatic heterocycles. The molecule has 8 nitrogen and oxygen atoms in total. The van der Waals surface area contributed by atoms with Crippen LogP contribution < -0.4 is 0 Å². The summed E-state index contributed by atoms with van der Waals surface area (Å²) in [6.07, 6.45) is 10.2. The van der Waals surface area contributed by atoms with Crippen LogP contribution in [0.3, 0.4) is 0 Å². The highest BCUT2D eigenvalue weighted by Crippen LogP contribution is 2.39. The monoisotopic (exact) mass is 591 g/mol. The number of unbranched alkanes of at least 4 members (excludes halogenated alkanes) is 4. The van der Waals surface area contributed by atoms with E-state index in [0.29, 0.717) is 50.3 Å². The number of ether oxygens (including phenoxy) is 5. The van der Waals surface area contributed by atoms with Crippen molar-refractivity contribution >= 4 is 11.6 Å². The fourth-order valence-electron chi connectivity index (χ4n) is 4.86. The van der Waals surface area contributed by atoms with Crippen LogP contribution in [0.2, 0.25) is 5.02 Å². The van der Waals surface area contributed by atoms with Crippen LogP contribution in [-0.4, -0.2) is 72.6 Å². The summed E-state index contributed by atoms with van der Waals surface area (Å²) in [5.41, 5.74) is 1.89. The fourth-order valence-corrected chi connectivity index (χ4v) is 5.05. The van der Waals surface area contributed by atoms with Crippen molar-refractivity contribution in [3.8, 4) is 0 Å². The van der Waals surface area contributed by atoms with Gasteiger partial charge in [-0.25, -0.2) is 4.98 Å². The first-order chi connectivity index (χ1) is 20.1. The topological polar surface area (TPSA) is 84.8 Å². The van der Waals surface area contributed by atoms with Crippen molar-refractivity contribution in [2.24, 2.45) is 0 Å². The zero-order valence-corrected chi connectivity index (χ0v) is 26.2. The summed E-state index contributed by atoms with van der Waals surface area (Å²) in [5.74, 6) is 0.610. The number of benzene rings is 1. The summed E-state index contributed by atoms with van der Waals surface area (Å²) < 4.78 is 32.8. The number of rotatable bonds is 20. The van der Waals surface area contributed by atoms with Crippen LogP contribution in [0, 0.1) is 0 Å². The summed E-state index contributed by atoms with van der Waals surface area (Å²) in [7, 11) is 0. The number of hydrogen-bond acceptors (Lipinski definition) is 8. The van der Waals surface area contributed by atoms with E-state index in [-0.39, 0.29) is 30.5 Å². The SMILES string of the molecule is CCCCOC[C@H]1O[C@@H](c2ccc(Cl)c(Cc3nccnn3)c2)[C@H](OCCCC)[C@@H](OCCCC)[C@@H]1OCCCC. The molecule has 2 heterocycles. The van der Waals surface area contributed by atoms with Gasteiger partial charge < -0.3 is 23.7 Å². The standard InChI is InChI=1S/C32H50ClN3O5/c1-5-9-17-37-23-27-30(38-18-10-6-2)32(40-20-12-8-4)31(39-19-11-7-3)29(41-27)24-13-14-26(33)25(21-24)22-28-34-15-16-35-36-28/h13-16,21,27,29-32H,5-12,17-20,22-23H2,1-4H3/t27-,29+,30-,31+,32+/m1/s1. The lowest BCUT2D eigenvalue weighted by Crippen LogP contribution is -2.58. The van der Waals surface area contributed by atoms with E-state index in [9.17, 15) is 0 Å². The Hall–Kier alpha value is -1.68. The van der Waals surface area contributed by atoms with Crippen molar-refractivity contribution in [2.75, 3.05) is 33.0 Å². The van der Waals surface area contributed by atoms with Crippen LogP contribution >= 0.6 is 11.6 Å². The van der Waals surface area contributed by atoms with E-state index in [2.05, 4.69) is 48.9 Å². The molecule has 230 valence electrons. The molecule has 5 atom stereocenters. The lowest BCUT2D eigenvalue weighted by molar-refractivity contribution is -0.268. The van der Waals surface area contributed by atoms with Gasteiger partial charge in [0.15, 0.2) is 5.82 Å². The minimum Gasteiger partial charge on any atom is -0.379 e. The molecule has 0 spiro atoms. The van der Waals surface area contributed by atoms with Gasteiger partial charge in [0.2, 0.25) is 0 Å². The number of nitrogens with zero attached hydrogens (tertiary/aromatic N) is 3. The Labute approximate surface area is 251 Å². The van der Waals surface area contributed by atoms with E-state index < -0.39 is 0 Å². The molecule has 0 saturated carbocycles. The van der Waals surface area contributed by atoms with Gasteiger partial charge in [0, 0.05) is 44.1 Å². The average Bonchev–Trinajstić information content (AvgIpc) is 2.99. The Kier molecular flexibility index (Phi) is 16.1. The summed E-state index contributed by atoms with van der Waals surface area (Å²) in [6, 6.07) is 6.02. The van der Waals surface area contributed by atoms with Crippen LogP contribution in [0.15, 0.2) is 30.6 Å². The smallest absolute Gasteiger partial charge is 0.155 e. The normalized spacial score (nSPS) is 22.7. The molecule has 0 bridgehead atoms. The van der Waals surface area contributed by atoms with Crippen molar-refractivity contribution in [1.82, 2.24) is 15.2 Å². The van der Waals surface area contributed by atoms with Crippen LogP contribution in [0.4, 0.5) is 0 Å². The van der Waals surface area contributed by atoms with Crippen molar-refractivity contribution in [3.05, 3.63) is 52.6 Å². The highest BCUT2D eigenvalue weighted by molar-refractivity contribution is 6.31. The number of aromatic nitrogens is 3. The van der Waals surface area contributed by atoms with Crippen LogP contribution in [0.1, 0.15) is 102 Å². The first kappa shape index (κ1) is 33.8. The molecule has 1 aliphatic rings. The quantitative estimate of drug-likeness (QED) is 0.153. The Balaban J connectivity index is 1.97. The summed E-state index contributed by atoms with van der Waals surface area (Å²) >= 11 is 6.65. The second kappa shape index (κ2) is 19.5. The molecule has 0 aliphatic carbocycles. The average molecular weight is 592 g/mol. The molecule has 2 aromatic rings. The lowest BCUT2D eigenvalue weighted by Gasteiger charge is -2.46. The van der Waals surface area contributed by atoms with Crippen molar-refractivity contribution in [3.63, 3.8) is 0 Å². The second-order valence-corrected chi connectivity index (χ2v) is 11.1. The van der Waals surface area contributed by atoms with Gasteiger partial charge in [-0.2, -0.15) is 5.10 Å². The van der Waals surface area contributed by atoms with Gasteiger partial charge in [0.25, 0.3) is 0 Å². The molecule has 1 aliphatic heterocycles. The minimum atomic E-state index is -0.380. The van der Waals surface area contributed by atoms with Crippen molar-refractivity contribution in [1.29, 1.82) is 0 Å². The Bertz CT molecular complexity index is 970. The Morgan fingerprint density at radius 3 is 2.05 bits per heavy atom. The van der Waals surface area contributed by atoms with E-state index in [1.54, 1.807) is 12.4 Å².